The fourth-order valence-corrected chi connectivity index (χ4v) is 1.32. The van der Waals surface area contributed by atoms with Crippen molar-refractivity contribution in [2.24, 2.45) is 0 Å². The molecular formula is C11H7F2NO3. The minimum absolute atomic E-state index is 0.191. The third kappa shape index (κ3) is 2.45. The SMILES string of the molecule is COC(=O)c1cc(C=O)c(C#N)c(C(F)F)c1. The van der Waals surface area contributed by atoms with Gasteiger partial charge in [-0.25, -0.2) is 13.6 Å². The Kier molecular flexibility index (Phi) is 3.88. The maximum atomic E-state index is 12.7. The number of esters is 1. The Morgan fingerprint density at radius 1 is 1.53 bits per heavy atom. The summed E-state index contributed by atoms with van der Waals surface area (Å²) in [6, 6.07) is 3.41. The van der Waals surface area contributed by atoms with Crippen LogP contribution in [0.15, 0.2) is 12.1 Å². The molecule has 0 N–H and O–H groups in total. The van der Waals surface area contributed by atoms with Crippen molar-refractivity contribution in [3.8, 4) is 6.07 Å². The first kappa shape index (κ1) is 12.8. The van der Waals surface area contributed by atoms with Crippen LogP contribution in [-0.4, -0.2) is 19.4 Å². The third-order valence-corrected chi connectivity index (χ3v) is 2.09. The number of ether oxygens (including phenoxy) is 1. The fourth-order valence-electron chi connectivity index (χ4n) is 1.32. The molecule has 0 saturated carbocycles. The Labute approximate surface area is 95.4 Å². The van der Waals surface area contributed by atoms with Gasteiger partial charge in [-0.3, -0.25) is 4.79 Å². The molecule has 0 aliphatic rings. The molecule has 1 aromatic carbocycles. The lowest BCUT2D eigenvalue weighted by molar-refractivity contribution is 0.0600. The topological polar surface area (TPSA) is 67.2 Å². The van der Waals surface area contributed by atoms with Crippen molar-refractivity contribution in [3.63, 3.8) is 0 Å². The number of carbonyl (C=O) groups excluding carboxylic acids is 2. The number of hydrogen-bond donors (Lipinski definition) is 0. The van der Waals surface area contributed by atoms with Crippen LogP contribution in [0, 0.1) is 11.3 Å². The molecule has 0 fully saturated rings. The minimum Gasteiger partial charge on any atom is -0.465 e. The molecular weight excluding hydrogens is 232 g/mol. The van der Waals surface area contributed by atoms with Gasteiger partial charge in [0.05, 0.1) is 18.2 Å². The second kappa shape index (κ2) is 5.16. The zero-order valence-electron chi connectivity index (χ0n) is 8.74. The molecule has 0 saturated heterocycles. The molecule has 0 heterocycles. The number of rotatable bonds is 3. The first-order valence-electron chi connectivity index (χ1n) is 4.44. The third-order valence-electron chi connectivity index (χ3n) is 2.09. The zero-order valence-corrected chi connectivity index (χ0v) is 8.74. The van der Waals surface area contributed by atoms with Gasteiger partial charge in [0, 0.05) is 11.1 Å². The van der Waals surface area contributed by atoms with Crippen LogP contribution in [0.3, 0.4) is 0 Å². The lowest BCUT2D eigenvalue weighted by atomic mass is 9.99. The predicted octanol–water partition coefficient (Wildman–Crippen LogP) is 2.09. The number of benzene rings is 1. The maximum absolute atomic E-state index is 12.7. The molecule has 88 valence electrons. The second-order valence-corrected chi connectivity index (χ2v) is 3.05. The molecule has 0 unspecified atom stereocenters. The summed E-state index contributed by atoms with van der Waals surface area (Å²) in [5, 5.41) is 8.71. The van der Waals surface area contributed by atoms with Crippen molar-refractivity contribution in [2.45, 2.75) is 6.43 Å². The van der Waals surface area contributed by atoms with E-state index < -0.39 is 23.5 Å². The molecule has 0 spiro atoms. The highest BCUT2D eigenvalue weighted by Crippen LogP contribution is 2.26. The van der Waals surface area contributed by atoms with E-state index in [1.54, 1.807) is 0 Å². The van der Waals surface area contributed by atoms with Crippen molar-refractivity contribution in [1.29, 1.82) is 5.26 Å². The highest BCUT2D eigenvalue weighted by atomic mass is 19.3. The number of nitriles is 1. The van der Waals surface area contributed by atoms with E-state index in [0.717, 1.165) is 19.2 Å². The van der Waals surface area contributed by atoms with Gasteiger partial charge in [-0.05, 0) is 12.1 Å². The molecule has 17 heavy (non-hydrogen) atoms. The average molecular weight is 239 g/mol. The average Bonchev–Trinajstić information content (AvgIpc) is 2.35. The molecule has 0 amide bonds. The molecule has 0 bridgehead atoms. The first-order valence-corrected chi connectivity index (χ1v) is 4.44. The van der Waals surface area contributed by atoms with E-state index in [-0.39, 0.29) is 17.4 Å². The zero-order chi connectivity index (χ0) is 13.0. The second-order valence-electron chi connectivity index (χ2n) is 3.05. The smallest absolute Gasteiger partial charge is 0.337 e. The quantitative estimate of drug-likeness (QED) is 0.598. The van der Waals surface area contributed by atoms with Crippen LogP contribution in [0.1, 0.15) is 38.3 Å². The normalized spacial score (nSPS) is 9.82. The summed E-state index contributed by atoms with van der Waals surface area (Å²) < 4.78 is 29.7. The van der Waals surface area contributed by atoms with E-state index in [2.05, 4.69) is 4.74 Å². The van der Waals surface area contributed by atoms with Crippen molar-refractivity contribution < 1.29 is 23.1 Å². The molecule has 4 nitrogen and oxygen atoms in total. The number of halogens is 2. The highest BCUT2D eigenvalue weighted by Gasteiger charge is 2.20. The van der Waals surface area contributed by atoms with Crippen LogP contribution in [0.5, 0.6) is 0 Å². The molecule has 0 radical (unpaired) electrons. The Morgan fingerprint density at radius 2 is 2.18 bits per heavy atom. The fraction of sp³-hybridized carbons (Fsp3) is 0.182. The molecule has 6 heteroatoms. The molecule has 0 aromatic heterocycles. The number of carbonyl (C=O) groups is 2. The number of nitrogens with zero attached hydrogens (tertiary/aromatic N) is 1. The van der Waals surface area contributed by atoms with Crippen LogP contribution in [0.2, 0.25) is 0 Å². The van der Waals surface area contributed by atoms with Crippen molar-refractivity contribution in [1.82, 2.24) is 0 Å². The summed E-state index contributed by atoms with van der Waals surface area (Å²) in [6.45, 7) is 0. The summed E-state index contributed by atoms with van der Waals surface area (Å²) in [4.78, 5) is 21.9. The highest BCUT2D eigenvalue weighted by molar-refractivity contribution is 5.93. The molecule has 1 rings (SSSR count). The van der Waals surface area contributed by atoms with Crippen molar-refractivity contribution in [3.05, 3.63) is 34.4 Å². The lowest BCUT2D eigenvalue weighted by Gasteiger charge is -2.07. The summed E-state index contributed by atoms with van der Waals surface area (Å²) >= 11 is 0. The van der Waals surface area contributed by atoms with E-state index >= 15 is 0 Å². The van der Waals surface area contributed by atoms with Crippen LogP contribution < -0.4 is 0 Å². The monoisotopic (exact) mass is 239 g/mol. The summed E-state index contributed by atoms with van der Waals surface area (Å²) in [7, 11) is 1.09. The van der Waals surface area contributed by atoms with Crippen molar-refractivity contribution in [2.75, 3.05) is 7.11 Å². The van der Waals surface area contributed by atoms with E-state index in [0.29, 0.717) is 0 Å². The predicted molar refractivity (Wildman–Crippen MR) is 52.8 cm³/mol. The van der Waals surface area contributed by atoms with E-state index in [4.69, 9.17) is 5.26 Å². The standard InChI is InChI=1S/C11H7F2NO3/c1-17-11(16)6-2-7(5-15)9(4-14)8(3-6)10(12)13/h2-3,5,10H,1H3. The number of alkyl halides is 2. The largest absolute Gasteiger partial charge is 0.465 e. The number of aldehydes is 1. The Bertz CT molecular complexity index is 506. The Hall–Kier alpha value is -2.29. The number of hydrogen-bond acceptors (Lipinski definition) is 4. The first-order chi connectivity index (χ1) is 8.04. The van der Waals surface area contributed by atoms with Gasteiger partial charge in [0.2, 0.25) is 0 Å². The van der Waals surface area contributed by atoms with Gasteiger partial charge in [-0.2, -0.15) is 5.26 Å². The molecule has 1 aromatic rings. The van der Waals surface area contributed by atoms with Gasteiger partial charge in [0.1, 0.15) is 6.07 Å². The lowest BCUT2D eigenvalue weighted by Crippen LogP contribution is -2.06. The maximum Gasteiger partial charge on any atom is 0.337 e. The Morgan fingerprint density at radius 3 is 2.59 bits per heavy atom. The minimum atomic E-state index is -2.95. The van der Waals surface area contributed by atoms with E-state index in [1.807, 2.05) is 0 Å². The summed E-state index contributed by atoms with van der Waals surface area (Å²) in [5.41, 5.74) is -1.53. The van der Waals surface area contributed by atoms with Gasteiger partial charge >= 0.3 is 5.97 Å². The van der Waals surface area contributed by atoms with Crippen LogP contribution >= 0.6 is 0 Å². The Balaban J connectivity index is 3.52. The van der Waals surface area contributed by atoms with Crippen LogP contribution in [-0.2, 0) is 4.74 Å². The van der Waals surface area contributed by atoms with Gasteiger partial charge < -0.3 is 4.74 Å². The van der Waals surface area contributed by atoms with Crippen LogP contribution in [0.25, 0.3) is 0 Å². The molecule has 0 aliphatic carbocycles. The summed E-state index contributed by atoms with van der Waals surface area (Å²) in [5.74, 6) is -0.848. The van der Waals surface area contributed by atoms with Gasteiger partial charge in [0.15, 0.2) is 6.29 Å². The summed E-state index contributed by atoms with van der Waals surface area (Å²) in [6.07, 6.45) is -2.70. The van der Waals surface area contributed by atoms with Gasteiger partial charge in [-0.15, -0.1) is 0 Å². The van der Waals surface area contributed by atoms with E-state index in [1.165, 1.54) is 6.07 Å². The molecule has 0 atom stereocenters. The van der Waals surface area contributed by atoms with Gasteiger partial charge in [-0.1, -0.05) is 0 Å². The van der Waals surface area contributed by atoms with Gasteiger partial charge in [0.25, 0.3) is 6.43 Å². The van der Waals surface area contributed by atoms with Crippen molar-refractivity contribution >= 4 is 12.3 Å². The van der Waals surface area contributed by atoms with Crippen LogP contribution in [0.4, 0.5) is 8.78 Å². The number of methoxy groups -OCH3 is 1. The molecule has 0 aliphatic heterocycles. The van der Waals surface area contributed by atoms with E-state index in [9.17, 15) is 18.4 Å².